The third kappa shape index (κ3) is 8.65. The van der Waals surface area contributed by atoms with Crippen LogP contribution < -0.4 is 0 Å². The van der Waals surface area contributed by atoms with Crippen LogP contribution in [-0.2, 0) is 47.5 Å². The molecule has 8 fully saturated rings. The number of cyclic esters (lactones) is 1. The predicted octanol–water partition coefficient (Wildman–Crippen LogP) is 1.76. The standard InChI is InChI=1S/C49H78O18/c1-22(2)18-25-19-49(59,44(58)63-25)27-12-16-47(8)26(27)10-11-31-46(7)15-14-32(45(5,6)30(46)13-17-48(31,47)9)65-43-40(67-42-38(57)36(55)33(52)23(3)62-42)39(35(54)29(64-43)21-60-24(4)50)66-41-37(56)34(53)28(51)20-61-41/h18,23,25-43,51-57,59H,10-17,19-21H2,1-9H3/t23-,25-,26+,27-,28+,29+,30-,31+,32-,33-,34-,35+,36+,37+,38+,39-,40+,41-,42-,43-,46-,47+,48+,49+/m0/s1. The minimum Gasteiger partial charge on any atom is -0.463 e. The number of carbonyl (C=O) groups excluding carboxylic acids is 2. The van der Waals surface area contributed by atoms with E-state index in [9.17, 15) is 50.4 Å². The lowest BCUT2D eigenvalue weighted by atomic mass is 9.35. The molecule has 24 atom stereocenters. The maximum absolute atomic E-state index is 13.5. The van der Waals surface area contributed by atoms with Gasteiger partial charge in [-0.15, -0.1) is 0 Å². The predicted molar refractivity (Wildman–Crippen MR) is 234 cm³/mol. The first kappa shape index (κ1) is 51.5. The molecule has 4 heterocycles. The van der Waals surface area contributed by atoms with E-state index in [1.165, 1.54) is 13.8 Å². The minimum atomic E-state index is -1.78. The van der Waals surface area contributed by atoms with Crippen molar-refractivity contribution < 1.29 is 88.3 Å². The average molecular weight is 955 g/mol. The second-order valence-corrected chi connectivity index (χ2v) is 23.1. The molecule has 0 aromatic rings. The number of rotatable bonds is 10. The van der Waals surface area contributed by atoms with E-state index >= 15 is 0 Å². The van der Waals surface area contributed by atoms with E-state index in [1.807, 2.05) is 19.9 Å². The van der Waals surface area contributed by atoms with Gasteiger partial charge in [-0.25, -0.2) is 4.79 Å². The number of fused-ring (bicyclic) bond motifs is 5. The van der Waals surface area contributed by atoms with Gasteiger partial charge in [-0.05, 0) is 118 Å². The van der Waals surface area contributed by atoms with Crippen LogP contribution in [0.4, 0.5) is 0 Å². The summed E-state index contributed by atoms with van der Waals surface area (Å²) in [6.45, 7) is 17.4. The minimum absolute atomic E-state index is 0.0839. The van der Waals surface area contributed by atoms with Crippen molar-refractivity contribution in [2.24, 2.45) is 45.3 Å². The highest BCUT2D eigenvalue weighted by molar-refractivity contribution is 5.82. The molecule has 8 rings (SSSR count). The van der Waals surface area contributed by atoms with E-state index in [0.29, 0.717) is 12.3 Å². The van der Waals surface area contributed by atoms with Crippen molar-refractivity contribution >= 4 is 11.9 Å². The van der Waals surface area contributed by atoms with Crippen LogP contribution in [0.1, 0.15) is 120 Å². The smallest absolute Gasteiger partial charge is 0.339 e. The highest BCUT2D eigenvalue weighted by atomic mass is 16.8. The normalized spacial score (nSPS) is 52.9. The third-order valence-electron chi connectivity index (χ3n) is 18.8. The fraction of sp³-hybridized carbons (Fsp3) is 0.918. The Labute approximate surface area is 393 Å². The quantitative estimate of drug-likeness (QED) is 0.0881. The zero-order chi connectivity index (χ0) is 48.9. The summed E-state index contributed by atoms with van der Waals surface area (Å²) in [7, 11) is 0. The summed E-state index contributed by atoms with van der Waals surface area (Å²) >= 11 is 0. The van der Waals surface area contributed by atoms with E-state index in [0.717, 1.165) is 50.5 Å². The Morgan fingerprint density at radius 2 is 1.37 bits per heavy atom. The topological polar surface area (TPSA) is 270 Å². The molecular formula is C49H78O18. The van der Waals surface area contributed by atoms with Gasteiger partial charge in [-0.1, -0.05) is 40.2 Å². The Kier molecular flexibility index (Phi) is 14.3. The van der Waals surface area contributed by atoms with Crippen molar-refractivity contribution in [3.05, 3.63) is 11.6 Å². The number of hydrogen-bond donors (Lipinski definition) is 8. The molecule has 8 N–H and O–H groups in total. The van der Waals surface area contributed by atoms with Gasteiger partial charge in [0, 0.05) is 19.3 Å². The SMILES string of the molecule is CC(=O)OC[C@H]1O[C@@H](O[C@H]2CC[C@]3(C)[C@H]4CC[C@@H]5[C@@H]([C@]6(O)C[C@H](C=C(C)C)OC6=O)CC[C@@]5(C)[C@]4(C)CC[C@H]3C2(C)C)[C@H](O[C@@H]2O[C@@H](C)[C@H](O)[C@@H](O)[C@H]2O)[C@@H](O[C@@H]2OC[C@@H](O)[C@H](O)[C@H]2O)[C@@H]1O. The van der Waals surface area contributed by atoms with Crippen molar-refractivity contribution in [1.82, 2.24) is 0 Å². The summed E-state index contributed by atoms with van der Waals surface area (Å²) in [5, 5.41) is 88.2. The van der Waals surface area contributed by atoms with E-state index in [-0.39, 0.29) is 40.4 Å². The third-order valence-corrected chi connectivity index (χ3v) is 18.8. The van der Waals surface area contributed by atoms with Gasteiger partial charge < -0.3 is 78.7 Å². The zero-order valence-electron chi connectivity index (χ0n) is 40.6. The molecular weight excluding hydrogens is 877 g/mol. The fourth-order valence-corrected chi connectivity index (χ4v) is 15.1. The van der Waals surface area contributed by atoms with E-state index in [4.69, 9.17) is 37.9 Å². The molecule has 4 aliphatic heterocycles. The Morgan fingerprint density at radius 3 is 2.06 bits per heavy atom. The van der Waals surface area contributed by atoms with Crippen LogP contribution in [0.3, 0.4) is 0 Å². The number of esters is 2. The van der Waals surface area contributed by atoms with Crippen LogP contribution in [0.5, 0.6) is 0 Å². The number of aliphatic hydroxyl groups excluding tert-OH is 7. The lowest BCUT2D eigenvalue weighted by molar-refractivity contribution is -0.395. The molecule has 382 valence electrons. The molecule has 4 saturated carbocycles. The van der Waals surface area contributed by atoms with Gasteiger partial charge in [-0.3, -0.25) is 4.79 Å². The summed E-state index contributed by atoms with van der Waals surface area (Å²) in [6.07, 6.45) is -13.4. The molecule has 0 amide bonds. The molecule has 0 bridgehead atoms. The highest BCUT2D eigenvalue weighted by Crippen LogP contribution is 2.76. The van der Waals surface area contributed by atoms with Crippen LogP contribution >= 0.6 is 0 Å². The molecule has 0 aromatic carbocycles. The van der Waals surface area contributed by atoms with E-state index in [2.05, 4.69) is 34.6 Å². The summed E-state index contributed by atoms with van der Waals surface area (Å²) < 4.78 is 48.7. The maximum Gasteiger partial charge on any atom is 0.339 e. The molecule has 4 aliphatic carbocycles. The van der Waals surface area contributed by atoms with Crippen molar-refractivity contribution in [2.75, 3.05) is 13.2 Å². The van der Waals surface area contributed by atoms with Gasteiger partial charge in [0.05, 0.1) is 18.8 Å². The van der Waals surface area contributed by atoms with Crippen molar-refractivity contribution in [3.8, 4) is 0 Å². The fourth-order valence-electron chi connectivity index (χ4n) is 15.1. The van der Waals surface area contributed by atoms with Gasteiger partial charge in [0.15, 0.2) is 24.5 Å². The number of allylic oxidation sites excluding steroid dienone is 1. The lowest BCUT2D eigenvalue weighted by Gasteiger charge is -2.70. The molecule has 0 unspecified atom stereocenters. The molecule has 0 aromatic heterocycles. The van der Waals surface area contributed by atoms with Crippen molar-refractivity contribution in [2.45, 2.75) is 224 Å². The van der Waals surface area contributed by atoms with E-state index in [1.54, 1.807) is 0 Å². The number of aliphatic hydroxyl groups is 8. The number of ether oxygens (including phenoxy) is 8. The summed E-state index contributed by atoms with van der Waals surface area (Å²) in [5.41, 5.74) is -1.32. The van der Waals surface area contributed by atoms with Gasteiger partial charge in [0.25, 0.3) is 0 Å². The second kappa shape index (κ2) is 18.6. The molecule has 18 heteroatoms. The first-order valence-corrected chi connectivity index (χ1v) is 24.7. The van der Waals surface area contributed by atoms with Crippen LogP contribution in [-0.4, -0.2) is 170 Å². The van der Waals surface area contributed by atoms with Crippen molar-refractivity contribution in [1.29, 1.82) is 0 Å². The Morgan fingerprint density at radius 1 is 0.701 bits per heavy atom. The van der Waals surface area contributed by atoms with Crippen LogP contribution in [0.15, 0.2) is 11.6 Å². The van der Waals surface area contributed by atoms with Gasteiger partial charge in [0.1, 0.15) is 73.8 Å². The summed E-state index contributed by atoms with van der Waals surface area (Å²) in [6, 6.07) is 0. The van der Waals surface area contributed by atoms with Gasteiger partial charge >= 0.3 is 11.9 Å². The van der Waals surface area contributed by atoms with Crippen LogP contribution in [0, 0.1) is 45.3 Å². The first-order valence-electron chi connectivity index (χ1n) is 24.7. The summed E-state index contributed by atoms with van der Waals surface area (Å²) in [5.74, 6) is -0.695. The maximum atomic E-state index is 13.5. The average Bonchev–Trinajstić information content (AvgIpc) is 3.76. The number of hydrogen-bond acceptors (Lipinski definition) is 18. The van der Waals surface area contributed by atoms with E-state index < -0.39 is 134 Å². The largest absolute Gasteiger partial charge is 0.463 e. The molecule has 67 heavy (non-hydrogen) atoms. The first-order chi connectivity index (χ1) is 31.3. The number of carbonyl (C=O) groups is 2. The molecule has 18 nitrogen and oxygen atoms in total. The van der Waals surface area contributed by atoms with Gasteiger partial charge in [-0.2, -0.15) is 0 Å². The van der Waals surface area contributed by atoms with Crippen LogP contribution in [0.25, 0.3) is 0 Å². The lowest BCUT2D eigenvalue weighted by Crippen LogP contribution is -2.68. The zero-order valence-corrected chi connectivity index (χ0v) is 40.6. The second-order valence-electron chi connectivity index (χ2n) is 23.1. The molecule has 8 aliphatic rings. The molecule has 0 radical (unpaired) electrons. The Hall–Kier alpha value is -1.88. The molecule has 0 spiro atoms. The summed E-state index contributed by atoms with van der Waals surface area (Å²) in [4.78, 5) is 25.6. The molecule has 4 saturated heterocycles. The highest BCUT2D eigenvalue weighted by Gasteiger charge is 2.71. The monoisotopic (exact) mass is 955 g/mol. The van der Waals surface area contributed by atoms with Gasteiger partial charge in [0.2, 0.25) is 0 Å². The Balaban J connectivity index is 1.07. The Bertz CT molecular complexity index is 1840. The van der Waals surface area contributed by atoms with Crippen molar-refractivity contribution in [3.63, 3.8) is 0 Å². The van der Waals surface area contributed by atoms with Crippen LogP contribution in [0.2, 0.25) is 0 Å².